The summed E-state index contributed by atoms with van der Waals surface area (Å²) >= 11 is 3.17. The van der Waals surface area contributed by atoms with Crippen LogP contribution in [0.5, 0.6) is 0 Å². The molecule has 104 valence electrons. The van der Waals surface area contributed by atoms with Gasteiger partial charge in [-0.15, -0.1) is 0 Å². The number of anilines is 1. The van der Waals surface area contributed by atoms with Gasteiger partial charge in [0, 0.05) is 38.4 Å². The second-order valence-corrected chi connectivity index (χ2v) is 5.29. The molecule has 3 heterocycles. The van der Waals surface area contributed by atoms with E-state index in [4.69, 9.17) is 4.52 Å². The normalized spacial score (nSPS) is 15.4. The second kappa shape index (κ2) is 5.62. The summed E-state index contributed by atoms with van der Waals surface area (Å²) in [6, 6.07) is 7.43. The van der Waals surface area contributed by atoms with Crippen molar-refractivity contribution in [1.82, 2.24) is 15.0 Å². The Bertz CT molecular complexity index is 593. The lowest BCUT2D eigenvalue weighted by Crippen LogP contribution is -2.49. The predicted octanol–water partition coefficient (Wildman–Crippen LogP) is 1.79. The Labute approximate surface area is 124 Å². The van der Waals surface area contributed by atoms with Crippen LogP contribution < -0.4 is 4.90 Å². The third-order valence-electron chi connectivity index (χ3n) is 3.23. The summed E-state index contributed by atoms with van der Waals surface area (Å²) in [6.45, 7) is 2.82. The van der Waals surface area contributed by atoms with Gasteiger partial charge in [0.2, 0.25) is 5.76 Å². The quantitative estimate of drug-likeness (QED) is 0.836. The maximum atomic E-state index is 12.2. The number of aromatic nitrogens is 2. The molecule has 0 saturated carbocycles. The van der Waals surface area contributed by atoms with Crippen LogP contribution in [0, 0.1) is 0 Å². The van der Waals surface area contributed by atoms with Gasteiger partial charge in [-0.1, -0.05) is 11.2 Å². The van der Waals surface area contributed by atoms with E-state index in [1.807, 2.05) is 18.2 Å². The zero-order chi connectivity index (χ0) is 13.9. The zero-order valence-electron chi connectivity index (χ0n) is 10.7. The summed E-state index contributed by atoms with van der Waals surface area (Å²) in [5.74, 6) is 1.09. The summed E-state index contributed by atoms with van der Waals surface area (Å²) in [5.41, 5.74) is 0. The highest BCUT2D eigenvalue weighted by Crippen LogP contribution is 2.16. The third-order valence-corrected chi connectivity index (χ3v) is 3.61. The molecule has 1 amide bonds. The van der Waals surface area contributed by atoms with E-state index in [-0.39, 0.29) is 11.7 Å². The van der Waals surface area contributed by atoms with Crippen LogP contribution in [0.15, 0.2) is 39.6 Å². The maximum Gasteiger partial charge on any atom is 0.292 e. The van der Waals surface area contributed by atoms with Crippen LogP contribution in [-0.2, 0) is 0 Å². The van der Waals surface area contributed by atoms with Gasteiger partial charge in [-0.25, -0.2) is 4.98 Å². The molecule has 2 aromatic heterocycles. The zero-order valence-corrected chi connectivity index (χ0v) is 12.3. The molecule has 0 spiro atoms. The van der Waals surface area contributed by atoms with Crippen LogP contribution in [0.3, 0.4) is 0 Å². The minimum absolute atomic E-state index is 0.121. The SMILES string of the molecule is O=C(c1cc(Br)no1)N1CCN(c2ccccn2)CC1. The largest absolute Gasteiger partial charge is 0.353 e. The molecule has 0 atom stereocenters. The van der Waals surface area contributed by atoms with Crippen molar-refractivity contribution in [3.8, 4) is 0 Å². The summed E-state index contributed by atoms with van der Waals surface area (Å²) < 4.78 is 5.51. The molecule has 0 radical (unpaired) electrons. The minimum Gasteiger partial charge on any atom is -0.353 e. The van der Waals surface area contributed by atoms with Gasteiger partial charge in [0.25, 0.3) is 5.91 Å². The second-order valence-electron chi connectivity index (χ2n) is 4.48. The lowest BCUT2D eigenvalue weighted by atomic mass is 10.2. The Kier molecular flexibility index (Phi) is 3.68. The van der Waals surface area contributed by atoms with Crippen LogP contribution in [0.2, 0.25) is 0 Å². The van der Waals surface area contributed by atoms with Crippen LogP contribution in [0.1, 0.15) is 10.6 Å². The lowest BCUT2D eigenvalue weighted by Gasteiger charge is -2.34. The molecule has 2 aromatic rings. The topological polar surface area (TPSA) is 62.5 Å². The molecule has 0 N–H and O–H groups in total. The number of carbonyl (C=O) groups is 1. The number of halogens is 1. The number of pyridine rings is 1. The van der Waals surface area contributed by atoms with Gasteiger partial charge in [0.05, 0.1) is 0 Å². The van der Waals surface area contributed by atoms with E-state index in [2.05, 4.69) is 31.0 Å². The Balaban J connectivity index is 1.63. The summed E-state index contributed by atoms with van der Waals surface area (Å²) in [5, 5.41) is 3.67. The molecule has 1 aliphatic rings. The number of hydrogen-bond donors (Lipinski definition) is 0. The highest BCUT2D eigenvalue weighted by Gasteiger charge is 2.25. The first kappa shape index (κ1) is 13.1. The molecule has 0 bridgehead atoms. The van der Waals surface area contributed by atoms with E-state index in [0.29, 0.717) is 17.7 Å². The highest BCUT2D eigenvalue weighted by atomic mass is 79.9. The van der Waals surface area contributed by atoms with Crippen molar-refractivity contribution in [3.63, 3.8) is 0 Å². The Morgan fingerprint density at radius 1 is 1.25 bits per heavy atom. The van der Waals surface area contributed by atoms with Crippen LogP contribution in [0.25, 0.3) is 0 Å². The molecule has 0 aliphatic carbocycles. The number of piperazine rings is 1. The fourth-order valence-corrected chi connectivity index (χ4v) is 2.47. The van der Waals surface area contributed by atoms with Crippen molar-refractivity contribution in [1.29, 1.82) is 0 Å². The van der Waals surface area contributed by atoms with Crippen molar-refractivity contribution in [2.45, 2.75) is 0 Å². The third kappa shape index (κ3) is 2.67. The Morgan fingerprint density at radius 3 is 2.65 bits per heavy atom. The van der Waals surface area contributed by atoms with Crippen molar-refractivity contribution in [3.05, 3.63) is 40.8 Å². The first-order chi connectivity index (χ1) is 9.74. The summed E-state index contributed by atoms with van der Waals surface area (Å²) in [6.07, 6.45) is 1.78. The van der Waals surface area contributed by atoms with E-state index in [0.717, 1.165) is 18.9 Å². The molecule has 1 aliphatic heterocycles. The molecule has 1 fully saturated rings. The molecule has 7 heteroatoms. The van der Waals surface area contributed by atoms with Gasteiger partial charge in [0.15, 0.2) is 0 Å². The molecule has 1 saturated heterocycles. The van der Waals surface area contributed by atoms with Gasteiger partial charge < -0.3 is 14.3 Å². The molecule has 0 unspecified atom stereocenters. The monoisotopic (exact) mass is 336 g/mol. The number of nitrogens with zero attached hydrogens (tertiary/aromatic N) is 4. The van der Waals surface area contributed by atoms with Crippen LogP contribution in [-0.4, -0.2) is 47.1 Å². The van der Waals surface area contributed by atoms with Gasteiger partial charge in [-0.2, -0.15) is 0 Å². The fraction of sp³-hybridized carbons (Fsp3) is 0.308. The van der Waals surface area contributed by atoms with E-state index < -0.39 is 0 Å². The van der Waals surface area contributed by atoms with Crippen LogP contribution >= 0.6 is 15.9 Å². The highest BCUT2D eigenvalue weighted by molar-refractivity contribution is 9.10. The average Bonchev–Trinajstić information content (AvgIpc) is 2.94. The van der Waals surface area contributed by atoms with Crippen molar-refractivity contribution >= 4 is 27.7 Å². The molecular weight excluding hydrogens is 324 g/mol. The number of amides is 1. The number of carbonyl (C=O) groups excluding carboxylic acids is 1. The molecule has 3 rings (SSSR count). The van der Waals surface area contributed by atoms with E-state index in [9.17, 15) is 4.79 Å². The smallest absolute Gasteiger partial charge is 0.292 e. The van der Waals surface area contributed by atoms with E-state index in [1.165, 1.54) is 0 Å². The van der Waals surface area contributed by atoms with E-state index >= 15 is 0 Å². The molecule has 20 heavy (non-hydrogen) atoms. The summed E-state index contributed by atoms with van der Waals surface area (Å²) in [4.78, 5) is 20.5. The standard InChI is InChI=1S/C13H13BrN4O2/c14-11-9-10(20-16-11)13(19)18-7-5-17(6-8-18)12-3-1-2-4-15-12/h1-4,9H,5-8H2. The molecule has 6 nitrogen and oxygen atoms in total. The predicted molar refractivity (Wildman–Crippen MR) is 76.6 cm³/mol. The van der Waals surface area contributed by atoms with Gasteiger partial charge in [0.1, 0.15) is 10.4 Å². The van der Waals surface area contributed by atoms with Crippen LogP contribution in [0.4, 0.5) is 5.82 Å². The van der Waals surface area contributed by atoms with E-state index in [1.54, 1.807) is 17.2 Å². The Hall–Kier alpha value is -1.89. The van der Waals surface area contributed by atoms with Gasteiger partial charge >= 0.3 is 0 Å². The minimum atomic E-state index is -0.121. The number of rotatable bonds is 2. The number of hydrogen-bond acceptors (Lipinski definition) is 5. The van der Waals surface area contributed by atoms with Crippen molar-refractivity contribution in [2.75, 3.05) is 31.1 Å². The Morgan fingerprint density at radius 2 is 2.05 bits per heavy atom. The lowest BCUT2D eigenvalue weighted by molar-refractivity contribution is 0.0704. The fourth-order valence-electron chi connectivity index (χ4n) is 2.19. The summed E-state index contributed by atoms with van der Waals surface area (Å²) in [7, 11) is 0. The maximum absolute atomic E-state index is 12.2. The first-order valence-electron chi connectivity index (χ1n) is 6.31. The average molecular weight is 337 g/mol. The van der Waals surface area contributed by atoms with Crippen molar-refractivity contribution in [2.24, 2.45) is 0 Å². The van der Waals surface area contributed by atoms with Crippen molar-refractivity contribution < 1.29 is 9.32 Å². The molecular formula is C13H13BrN4O2. The van der Waals surface area contributed by atoms with Gasteiger partial charge in [-0.3, -0.25) is 4.79 Å². The molecule has 0 aromatic carbocycles. The first-order valence-corrected chi connectivity index (χ1v) is 7.11. The van der Waals surface area contributed by atoms with Gasteiger partial charge in [-0.05, 0) is 28.1 Å².